The van der Waals surface area contributed by atoms with Crippen LogP contribution in [0.1, 0.15) is 36.6 Å². The number of nitrogens with zero attached hydrogens (tertiary/aromatic N) is 1. The monoisotopic (exact) mass is 357 g/mol. The third-order valence-electron chi connectivity index (χ3n) is 3.70. The summed E-state index contributed by atoms with van der Waals surface area (Å²) in [4.78, 5) is 17.8. The minimum atomic E-state index is -0.283. The molecule has 0 N–H and O–H groups in total. The Hall–Kier alpha value is -1.98. The van der Waals surface area contributed by atoms with E-state index in [4.69, 9.17) is 4.74 Å². The van der Waals surface area contributed by atoms with Crippen molar-refractivity contribution in [1.29, 1.82) is 0 Å². The molecule has 3 rings (SSSR count). The zero-order valence-electron chi connectivity index (χ0n) is 13.9. The van der Waals surface area contributed by atoms with Crippen molar-refractivity contribution in [3.8, 4) is 15.6 Å². The second-order valence-corrected chi connectivity index (χ2v) is 7.75. The molecule has 2 aromatic heterocycles. The first-order valence-electron chi connectivity index (χ1n) is 7.82. The van der Waals surface area contributed by atoms with Crippen LogP contribution in [-0.2, 0) is 11.2 Å². The Kier molecular flexibility index (Phi) is 5.11. The Morgan fingerprint density at radius 1 is 1.25 bits per heavy atom. The summed E-state index contributed by atoms with van der Waals surface area (Å²) in [5.74, 6) is 0.769. The van der Waals surface area contributed by atoms with Gasteiger partial charge in [0, 0.05) is 5.38 Å². The summed E-state index contributed by atoms with van der Waals surface area (Å²) in [6, 6.07) is 9.84. The lowest BCUT2D eigenvalue weighted by atomic mass is 9.98. The first-order valence-corrected chi connectivity index (χ1v) is 9.58. The number of carbonyl (C=O) groups is 1. The van der Waals surface area contributed by atoms with Gasteiger partial charge in [0.15, 0.2) is 0 Å². The molecule has 0 atom stereocenters. The molecule has 1 aromatic carbocycles. The van der Waals surface area contributed by atoms with Gasteiger partial charge in [-0.05, 0) is 47.5 Å². The van der Waals surface area contributed by atoms with E-state index < -0.39 is 0 Å². The van der Waals surface area contributed by atoms with Crippen molar-refractivity contribution >= 4 is 28.6 Å². The molecule has 0 radical (unpaired) electrons. The molecule has 3 aromatic rings. The molecule has 24 heavy (non-hydrogen) atoms. The second kappa shape index (κ2) is 7.28. The maximum atomic E-state index is 12.2. The molecular formula is C19H19NO2S2. The van der Waals surface area contributed by atoms with Crippen LogP contribution in [0, 0.1) is 6.92 Å². The van der Waals surface area contributed by atoms with E-state index in [1.807, 2.05) is 48.0 Å². The molecule has 5 heteroatoms. The average molecular weight is 358 g/mol. The quantitative estimate of drug-likeness (QED) is 0.450. The predicted molar refractivity (Wildman–Crippen MR) is 100 cm³/mol. The summed E-state index contributed by atoms with van der Waals surface area (Å²) in [7, 11) is 0. The molecule has 124 valence electrons. The van der Waals surface area contributed by atoms with Crippen LogP contribution in [0.25, 0.3) is 9.88 Å². The van der Waals surface area contributed by atoms with Gasteiger partial charge in [0.25, 0.3) is 0 Å². The van der Waals surface area contributed by atoms with Crippen LogP contribution in [0.4, 0.5) is 0 Å². The molecule has 0 aliphatic rings. The van der Waals surface area contributed by atoms with Crippen LogP contribution in [0.2, 0.25) is 0 Å². The first-order chi connectivity index (χ1) is 11.5. The Balaban J connectivity index is 1.65. The third-order valence-corrected chi connectivity index (χ3v) is 5.63. The molecule has 0 fully saturated rings. The van der Waals surface area contributed by atoms with E-state index >= 15 is 0 Å². The molecule has 0 spiro atoms. The normalized spacial score (nSPS) is 11.0. The van der Waals surface area contributed by atoms with Crippen molar-refractivity contribution in [2.24, 2.45) is 0 Å². The van der Waals surface area contributed by atoms with Crippen LogP contribution in [0.5, 0.6) is 5.75 Å². The maximum absolute atomic E-state index is 12.2. The zero-order chi connectivity index (χ0) is 17.1. The van der Waals surface area contributed by atoms with Gasteiger partial charge in [-0.15, -0.1) is 22.7 Å². The van der Waals surface area contributed by atoms with Gasteiger partial charge in [0.1, 0.15) is 10.8 Å². The smallest absolute Gasteiger partial charge is 0.317 e. The zero-order valence-corrected chi connectivity index (χ0v) is 15.5. The number of esters is 1. The van der Waals surface area contributed by atoms with E-state index in [1.165, 1.54) is 5.56 Å². The highest BCUT2D eigenvalue weighted by Gasteiger charge is 2.12. The lowest BCUT2D eigenvalue weighted by molar-refractivity contribution is -0.133. The van der Waals surface area contributed by atoms with Crippen LogP contribution in [0.3, 0.4) is 0 Å². The molecule has 0 aliphatic carbocycles. The summed E-state index contributed by atoms with van der Waals surface area (Å²) < 4.78 is 5.46. The summed E-state index contributed by atoms with van der Waals surface area (Å²) >= 11 is 3.20. The van der Waals surface area contributed by atoms with Crippen molar-refractivity contribution in [3.63, 3.8) is 0 Å². The van der Waals surface area contributed by atoms with Crippen LogP contribution in [0.15, 0.2) is 41.1 Å². The van der Waals surface area contributed by atoms with Crippen LogP contribution < -0.4 is 4.74 Å². The second-order valence-electron chi connectivity index (χ2n) is 5.95. The maximum Gasteiger partial charge on any atom is 0.317 e. The molecule has 0 bridgehead atoms. The minimum absolute atomic E-state index is 0.187. The van der Waals surface area contributed by atoms with Crippen molar-refractivity contribution in [2.45, 2.75) is 33.1 Å². The number of rotatable bonds is 5. The summed E-state index contributed by atoms with van der Waals surface area (Å²) in [6.07, 6.45) is 0.187. The van der Waals surface area contributed by atoms with E-state index in [1.54, 1.807) is 22.7 Å². The standard InChI is InChI=1S/C19H19NO2S2/c1-12(2)16-7-6-15(9-13(16)3)22-18(21)10-14-11-24-19(20-14)17-5-4-8-23-17/h4-9,11-12H,10H2,1-3H3. The number of hydrogen-bond donors (Lipinski definition) is 0. The molecule has 0 saturated carbocycles. The van der Waals surface area contributed by atoms with Gasteiger partial charge in [-0.1, -0.05) is 26.0 Å². The van der Waals surface area contributed by atoms with Gasteiger partial charge in [-0.3, -0.25) is 4.79 Å². The fourth-order valence-corrected chi connectivity index (χ4v) is 4.21. The minimum Gasteiger partial charge on any atom is -0.426 e. The van der Waals surface area contributed by atoms with E-state index in [9.17, 15) is 4.79 Å². The van der Waals surface area contributed by atoms with Crippen molar-refractivity contribution in [1.82, 2.24) is 4.98 Å². The largest absolute Gasteiger partial charge is 0.426 e. The van der Waals surface area contributed by atoms with Gasteiger partial charge in [0.2, 0.25) is 0 Å². The molecule has 2 heterocycles. The Morgan fingerprint density at radius 2 is 2.08 bits per heavy atom. The number of hydrogen-bond acceptors (Lipinski definition) is 5. The highest BCUT2D eigenvalue weighted by molar-refractivity contribution is 7.20. The highest BCUT2D eigenvalue weighted by atomic mass is 32.1. The summed E-state index contributed by atoms with van der Waals surface area (Å²) in [5.41, 5.74) is 3.17. The molecule has 0 aliphatic heterocycles. The van der Waals surface area contributed by atoms with Gasteiger partial charge < -0.3 is 4.74 Å². The number of thiophene rings is 1. The number of benzene rings is 1. The van der Waals surface area contributed by atoms with E-state index in [2.05, 4.69) is 18.8 Å². The molecular weight excluding hydrogens is 338 g/mol. The number of ether oxygens (including phenoxy) is 1. The fourth-order valence-electron chi connectivity index (χ4n) is 2.58. The van der Waals surface area contributed by atoms with Gasteiger partial charge in [0.05, 0.1) is 17.0 Å². The number of carbonyl (C=O) groups excluding carboxylic acids is 1. The van der Waals surface area contributed by atoms with E-state index in [0.717, 1.165) is 21.1 Å². The van der Waals surface area contributed by atoms with Crippen LogP contribution >= 0.6 is 22.7 Å². The van der Waals surface area contributed by atoms with Crippen molar-refractivity contribution in [2.75, 3.05) is 0 Å². The van der Waals surface area contributed by atoms with Gasteiger partial charge >= 0.3 is 5.97 Å². The fraction of sp³-hybridized carbons (Fsp3) is 0.263. The molecule has 0 unspecified atom stereocenters. The van der Waals surface area contributed by atoms with Gasteiger partial charge in [-0.2, -0.15) is 0 Å². The lowest BCUT2D eigenvalue weighted by Gasteiger charge is -2.11. The Morgan fingerprint density at radius 3 is 2.75 bits per heavy atom. The predicted octanol–water partition coefficient (Wildman–Crippen LogP) is 5.45. The topological polar surface area (TPSA) is 39.2 Å². The molecule has 3 nitrogen and oxygen atoms in total. The van der Waals surface area contributed by atoms with Gasteiger partial charge in [-0.25, -0.2) is 4.98 Å². The average Bonchev–Trinajstić information content (AvgIpc) is 3.17. The summed E-state index contributed by atoms with van der Waals surface area (Å²) in [5, 5.41) is 4.89. The molecule has 0 saturated heterocycles. The van der Waals surface area contributed by atoms with Crippen LogP contribution in [-0.4, -0.2) is 11.0 Å². The molecule has 0 amide bonds. The van der Waals surface area contributed by atoms with E-state index in [-0.39, 0.29) is 12.4 Å². The first kappa shape index (κ1) is 16.9. The number of thiazole rings is 1. The van der Waals surface area contributed by atoms with E-state index in [0.29, 0.717) is 11.7 Å². The Labute approximate surface area is 150 Å². The number of aryl methyl sites for hydroxylation is 1. The summed E-state index contributed by atoms with van der Waals surface area (Å²) in [6.45, 7) is 6.35. The SMILES string of the molecule is Cc1cc(OC(=O)Cc2csc(-c3cccs3)n2)ccc1C(C)C. The Bertz CT molecular complexity index is 835. The van der Waals surface area contributed by atoms with Crippen molar-refractivity contribution in [3.05, 3.63) is 57.9 Å². The third kappa shape index (κ3) is 3.91. The number of aromatic nitrogens is 1. The lowest BCUT2D eigenvalue weighted by Crippen LogP contribution is -2.11. The van der Waals surface area contributed by atoms with Crippen molar-refractivity contribution < 1.29 is 9.53 Å². The highest BCUT2D eigenvalue weighted by Crippen LogP contribution is 2.28.